The predicted molar refractivity (Wildman–Crippen MR) is 133 cm³/mol. The summed E-state index contributed by atoms with van der Waals surface area (Å²) in [7, 11) is -5.63. The van der Waals surface area contributed by atoms with Crippen LogP contribution in [0.4, 0.5) is 13.2 Å². The van der Waals surface area contributed by atoms with Gasteiger partial charge in [-0.15, -0.1) is 0 Å². The van der Waals surface area contributed by atoms with Crippen molar-refractivity contribution in [2.24, 2.45) is 0 Å². The molecule has 0 bridgehead atoms. The second-order valence-corrected chi connectivity index (χ2v) is 10.1. The van der Waals surface area contributed by atoms with Crippen LogP contribution in [-0.4, -0.2) is 35.3 Å². The maximum atomic E-state index is 13.6. The number of halogens is 3. The Balaban J connectivity index is 0.00000242. The number of thioether (sulfide) groups is 1. The van der Waals surface area contributed by atoms with Crippen LogP contribution in [0.5, 0.6) is 0 Å². The number of hydrogen-bond donors (Lipinski definition) is 0. The normalized spacial score (nSPS) is 11.8. The van der Waals surface area contributed by atoms with Crippen LogP contribution in [0.3, 0.4) is 0 Å². The van der Waals surface area contributed by atoms with Gasteiger partial charge in [-0.25, -0.2) is 24.3 Å². The van der Waals surface area contributed by atoms with E-state index >= 15 is 0 Å². The van der Waals surface area contributed by atoms with Crippen LogP contribution in [-0.2, 0) is 22.0 Å². The van der Waals surface area contributed by atoms with Crippen LogP contribution in [0.25, 0.3) is 38.9 Å². The van der Waals surface area contributed by atoms with Gasteiger partial charge in [-0.2, -0.15) is 13.2 Å². The Hall–Kier alpha value is -1.95. The quantitative estimate of drug-likeness (QED) is 0.0588. The first-order chi connectivity index (χ1) is 18.9. The molecule has 5 aromatic rings. The van der Waals surface area contributed by atoms with E-state index in [1.807, 2.05) is 0 Å². The van der Waals surface area contributed by atoms with E-state index in [1.165, 1.54) is 36.3 Å². The molecule has 0 aliphatic heterocycles. The number of phosphoric ester groups is 1. The van der Waals surface area contributed by atoms with E-state index in [9.17, 15) is 37.1 Å². The van der Waals surface area contributed by atoms with Gasteiger partial charge in [-0.1, -0.05) is 17.8 Å². The van der Waals surface area contributed by atoms with Crippen molar-refractivity contribution in [3.8, 4) is 16.9 Å². The standard InChI is InChI=1S/C23H16F3N6O6PS.2Na/c1-40-21-28-8-12(9-29-21)16-5-6-17-18(30-16)19-15(10-27-17)20(33)31(11-38-39(35,36)37)22(34)32(19)14-4-2-3-13(7-14)23(24,25)26;;/h2-10H,11H2,1H3,(H2,35,36,37);;/q;2*+1/p-2. The Morgan fingerprint density at radius 3 is 2.33 bits per heavy atom. The molecule has 42 heavy (non-hydrogen) atoms. The fraction of sp³-hybridized carbons (Fsp3) is 0.130. The first-order valence-electron chi connectivity index (χ1n) is 11.0. The van der Waals surface area contributed by atoms with Crippen molar-refractivity contribution in [3.63, 3.8) is 0 Å². The number of fused-ring (bicyclic) bond motifs is 3. The molecule has 0 unspecified atom stereocenters. The molecule has 0 radical (unpaired) electrons. The van der Waals surface area contributed by atoms with Gasteiger partial charge in [0.2, 0.25) is 0 Å². The van der Waals surface area contributed by atoms with Crippen LogP contribution >= 0.6 is 19.6 Å². The molecule has 206 valence electrons. The van der Waals surface area contributed by atoms with Gasteiger partial charge in [0.25, 0.3) is 5.56 Å². The molecule has 0 aliphatic carbocycles. The van der Waals surface area contributed by atoms with Crippen molar-refractivity contribution < 1.29 is 91.2 Å². The summed E-state index contributed by atoms with van der Waals surface area (Å²) in [6.07, 6.45) is 1.08. The summed E-state index contributed by atoms with van der Waals surface area (Å²) >= 11 is 1.31. The zero-order chi connectivity index (χ0) is 28.8. The first-order valence-corrected chi connectivity index (χ1v) is 13.7. The van der Waals surface area contributed by atoms with E-state index < -0.39 is 37.5 Å². The topological polar surface area (TPSA) is 168 Å². The van der Waals surface area contributed by atoms with E-state index in [4.69, 9.17) is 0 Å². The van der Waals surface area contributed by atoms with Crippen LogP contribution in [0, 0.1) is 0 Å². The zero-order valence-electron chi connectivity index (χ0n) is 22.0. The van der Waals surface area contributed by atoms with E-state index in [0.717, 1.165) is 22.9 Å². The summed E-state index contributed by atoms with van der Waals surface area (Å²) in [5.74, 6) is 0. The fourth-order valence-corrected chi connectivity index (χ4v) is 4.48. The summed E-state index contributed by atoms with van der Waals surface area (Å²) in [6, 6.07) is 6.81. The Morgan fingerprint density at radius 2 is 1.71 bits per heavy atom. The molecule has 0 amide bonds. The first kappa shape index (κ1) is 34.5. The monoisotopic (exact) mass is 636 g/mol. The number of hydrogen-bond acceptors (Lipinski definition) is 11. The number of aromatic nitrogens is 6. The third-order valence-corrected chi connectivity index (χ3v) is 6.70. The van der Waals surface area contributed by atoms with Crippen LogP contribution in [0.2, 0.25) is 0 Å². The number of alkyl halides is 3. The minimum atomic E-state index is -5.63. The molecular weight excluding hydrogens is 622 g/mol. The van der Waals surface area contributed by atoms with Gasteiger partial charge < -0.3 is 18.9 Å². The van der Waals surface area contributed by atoms with Gasteiger partial charge in [0.15, 0.2) is 5.16 Å². The van der Waals surface area contributed by atoms with E-state index in [2.05, 4.69) is 24.5 Å². The van der Waals surface area contributed by atoms with Crippen molar-refractivity contribution in [3.05, 3.63) is 81.4 Å². The van der Waals surface area contributed by atoms with Gasteiger partial charge in [-0.3, -0.25) is 14.3 Å². The number of pyridine rings is 2. The molecule has 0 fully saturated rings. The van der Waals surface area contributed by atoms with Crippen LogP contribution in [0.15, 0.2) is 69.7 Å². The van der Waals surface area contributed by atoms with Gasteiger partial charge in [0.05, 0.1) is 41.2 Å². The number of phosphoric acid groups is 1. The second-order valence-electron chi connectivity index (χ2n) is 8.15. The van der Waals surface area contributed by atoms with Crippen molar-refractivity contribution in [2.75, 3.05) is 6.26 Å². The average Bonchev–Trinajstić information content (AvgIpc) is 2.92. The molecule has 4 aromatic heterocycles. The Labute approximate surface area is 282 Å². The van der Waals surface area contributed by atoms with Gasteiger partial charge in [0.1, 0.15) is 12.2 Å². The number of benzene rings is 1. The summed E-state index contributed by atoms with van der Waals surface area (Å²) in [6.45, 7) is -1.30. The van der Waals surface area contributed by atoms with E-state index in [-0.39, 0.29) is 91.3 Å². The van der Waals surface area contributed by atoms with Gasteiger partial charge in [0, 0.05) is 24.2 Å². The second kappa shape index (κ2) is 13.4. The Morgan fingerprint density at radius 1 is 1.02 bits per heavy atom. The molecule has 0 aliphatic rings. The van der Waals surface area contributed by atoms with Crippen LogP contribution < -0.4 is 80.2 Å². The smallest absolute Gasteiger partial charge is 0.790 e. The minimum absolute atomic E-state index is 0. The summed E-state index contributed by atoms with van der Waals surface area (Å²) in [4.78, 5) is 66.0. The fourth-order valence-electron chi connectivity index (χ4n) is 3.90. The predicted octanol–water partition coefficient (Wildman–Crippen LogP) is -3.90. The maximum absolute atomic E-state index is 13.6. The summed E-state index contributed by atoms with van der Waals surface area (Å²) in [5, 5.41) is 0.192. The number of rotatable bonds is 6. The molecule has 19 heteroatoms. The summed E-state index contributed by atoms with van der Waals surface area (Å²) in [5.41, 5.74) is -3.07. The van der Waals surface area contributed by atoms with Crippen molar-refractivity contribution in [1.82, 2.24) is 29.1 Å². The third kappa shape index (κ3) is 7.05. The molecule has 0 atom stereocenters. The maximum Gasteiger partial charge on any atom is 1.00 e. The van der Waals surface area contributed by atoms with Crippen molar-refractivity contribution in [2.45, 2.75) is 18.1 Å². The largest absolute Gasteiger partial charge is 1.00 e. The molecule has 0 saturated heterocycles. The van der Waals surface area contributed by atoms with Crippen LogP contribution in [0.1, 0.15) is 5.56 Å². The molecule has 4 heterocycles. The summed E-state index contributed by atoms with van der Waals surface area (Å²) < 4.78 is 56.8. The molecule has 0 saturated carbocycles. The number of nitrogens with zero attached hydrogens (tertiary/aromatic N) is 6. The molecule has 0 N–H and O–H groups in total. The Bertz CT molecular complexity index is 1950. The van der Waals surface area contributed by atoms with Gasteiger partial charge >= 0.3 is 71.0 Å². The third-order valence-electron chi connectivity index (χ3n) is 5.69. The molecule has 0 spiro atoms. The molecule has 12 nitrogen and oxygen atoms in total. The van der Waals surface area contributed by atoms with E-state index in [0.29, 0.717) is 22.5 Å². The zero-order valence-corrected chi connectivity index (χ0v) is 27.7. The molecule has 1 aromatic carbocycles. The Kier molecular flexibility index (Phi) is 11.0. The average molecular weight is 636 g/mol. The molecular formula is C23H14F3N6Na2O6PS. The van der Waals surface area contributed by atoms with E-state index in [1.54, 1.807) is 12.3 Å². The van der Waals surface area contributed by atoms with Gasteiger partial charge in [-0.05, 0) is 36.6 Å². The van der Waals surface area contributed by atoms with Crippen molar-refractivity contribution in [1.29, 1.82) is 0 Å². The molecule has 5 rings (SSSR count). The van der Waals surface area contributed by atoms with Crippen molar-refractivity contribution >= 4 is 41.5 Å². The SMILES string of the molecule is CSc1ncc(-c2ccc3ncc4c(=O)n(COP(=O)([O-])[O-])c(=O)n(-c5cccc(C(F)(F)F)c5)c4c3n2)cn1.[Na+].[Na+]. The minimum Gasteiger partial charge on any atom is -0.790 e.